The van der Waals surface area contributed by atoms with Gasteiger partial charge in [0, 0.05) is 34.8 Å². The predicted octanol–water partition coefficient (Wildman–Crippen LogP) is 9.83. The minimum absolute atomic E-state index is 1.13. The lowest BCUT2D eigenvalue weighted by Crippen LogP contribution is -1.93. The van der Waals surface area contributed by atoms with E-state index in [9.17, 15) is 0 Å². The van der Waals surface area contributed by atoms with Gasteiger partial charge in [-0.1, -0.05) is 103 Å². The van der Waals surface area contributed by atoms with Crippen molar-refractivity contribution >= 4 is 27.5 Å². The van der Waals surface area contributed by atoms with Gasteiger partial charge in [-0.25, -0.2) is 0 Å². The zero-order valence-electron chi connectivity index (χ0n) is 21.8. The van der Waals surface area contributed by atoms with E-state index in [-0.39, 0.29) is 0 Å². The highest BCUT2D eigenvalue weighted by atomic mass is 15.0. The molecule has 7 rings (SSSR count). The Kier molecular flexibility index (Phi) is 5.71. The van der Waals surface area contributed by atoms with E-state index < -0.39 is 0 Å². The lowest BCUT2D eigenvalue weighted by molar-refractivity contribution is 1.18. The third-order valence-corrected chi connectivity index (χ3v) is 7.61. The zero-order chi connectivity index (χ0) is 26.2. The first-order valence-corrected chi connectivity index (χ1v) is 13.4. The van der Waals surface area contributed by atoms with Crippen molar-refractivity contribution in [2.45, 2.75) is 0 Å². The van der Waals surface area contributed by atoms with Crippen LogP contribution < -0.4 is 5.32 Å². The summed E-state index contributed by atoms with van der Waals surface area (Å²) in [7, 11) is 1.98. The fourth-order valence-corrected chi connectivity index (χ4v) is 5.78. The van der Waals surface area contributed by atoms with Gasteiger partial charge in [0.2, 0.25) is 0 Å². The van der Waals surface area contributed by atoms with Crippen LogP contribution in [-0.4, -0.2) is 11.6 Å². The standard InChI is InChI=1S/C37H28N2/c1-38-35-20-9-7-18-32(35)31-17-6-5-16-30(31)28-13-11-12-26(24-28)27-22-23-37-34(25-27)33-19-8-10-21-36(33)39(37)29-14-3-2-4-15-29/h2-25,38H,1H3. The molecule has 0 fully saturated rings. The number of nitrogens with zero attached hydrogens (tertiary/aromatic N) is 1. The van der Waals surface area contributed by atoms with Gasteiger partial charge in [0.25, 0.3) is 0 Å². The highest BCUT2D eigenvalue weighted by molar-refractivity contribution is 6.10. The first-order chi connectivity index (χ1) is 19.3. The van der Waals surface area contributed by atoms with Crippen molar-refractivity contribution in [1.82, 2.24) is 4.57 Å². The topological polar surface area (TPSA) is 17.0 Å². The molecule has 6 aromatic carbocycles. The van der Waals surface area contributed by atoms with Gasteiger partial charge in [0.15, 0.2) is 0 Å². The summed E-state index contributed by atoms with van der Waals surface area (Å²) in [5.74, 6) is 0. The second kappa shape index (κ2) is 9.66. The number of fused-ring (bicyclic) bond motifs is 3. The molecule has 186 valence electrons. The molecule has 0 spiro atoms. The molecular formula is C37H28N2. The van der Waals surface area contributed by atoms with Crippen LogP contribution in [0.1, 0.15) is 0 Å². The fraction of sp³-hybridized carbons (Fsp3) is 0.0270. The van der Waals surface area contributed by atoms with Crippen molar-refractivity contribution in [3.8, 4) is 39.1 Å². The number of nitrogens with one attached hydrogen (secondary N) is 1. The van der Waals surface area contributed by atoms with Crippen LogP contribution in [0, 0.1) is 0 Å². The molecule has 0 aliphatic heterocycles. The van der Waals surface area contributed by atoms with Crippen molar-refractivity contribution in [2.75, 3.05) is 12.4 Å². The Hall–Kier alpha value is -5.08. The van der Waals surface area contributed by atoms with E-state index in [2.05, 4.69) is 155 Å². The van der Waals surface area contributed by atoms with Crippen LogP contribution in [0.3, 0.4) is 0 Å². The van der Waals surface area contributed by atoms with E-state index in [4.69, 9.17) is 0 Å². The molecule has 0 saturated carbocycles. The van der Waals surface area contributed by atoms with Gasteiger partial charge in [0.1, 0.15) is 0 Å². The normalized spacial score (nSPS) is 11.2. The first kappa shape index (κ1) is 23.1. The maximum Gasteiger partial charge on any atom is 0.0541 e. The number of anilines is 1. The van der Waals surface area contributed by atoms with Crippen molar-refractivity contribution in [3.63, 3.8) is 0 Å². The minimum atomic E-state index is 1.13. The zero-order valence-corrected chi connectivity index (χ0v) is 21.8. The van der Waals surface area contributed by atoms with Gasteiger partial charge < -0.3 is 9.88 Å². The summed E-state index contributed by atoms with van der Waals surface area (Å²) >= 11 is 0. The molecule has 0 saturated heterocycles. The Balaban J connectivity index is 1.38. The number of hydrogen-bond donors (Lipinski definition) is 1. The lowest BCUT2D eigenvalue weighted by atomic mass is 9.91. The van der Waals surface area contributed by atoms with E-state index in [0.717, 1.165) is 5.69 Å². The smallest absolute Gasteiger partial charge is 0.0541 e. The monoisotopic (exact) mass is 500 g/mol. The van der Waals surface area contributed by atoms with Crippen LogP contribution in [0.25, 0.3) is 60.9 Å². The molecule has 1 N–H and O–H groups in total. The van der Waals surface area contributed by atoms with Gasteiger partial charge in [-0.15, -0.1) is 0 Å². The summed E-state index contributed by atoms with van der Waals surface area (Å²) in [4.78, 5) is 0. The van der Waals surface area contributed by atoms with Gasteiger partial charge in [-0.05, 0) is 70.3 Å². The predicted molar refractivity (Wildman–Crippen MR) is 167 cm³/mol. The molecule has 0 atom stereocenters. The fourth-order valence-electron chi connectivity index (χ4n) is 5.78. The van der Waals surface area contributed by atoms with E-state index in [1.807, 2.05) is 7.05 Å². The highest BCUT2D eigenvalue weighted by Crippen LogP contribution is 2.39. The quantitative estimate of drug-likeness (QED) is 0.249. The number of rotatable bonds is 5. The number of para-hydroxylation sites is 3. The Labute approximate surface area is 228 Å². The van der Waals surface area contributed by atoms with Gasteiger partial charge in [-0.2, -0.15) is 0 Å². The average Bonchev–Trinajstić information content (AvgIpc) is 3.35. The Morgan fingerprint density at radius 2 is 1.08 bits per heavy atom. The van der Waals surface area contributed by atoms with Crippen molar-refractivity contribution in [2.24, 2.45) is 0 Å². The number of hydrogen-bond acceptors (Lipinski definition) is 1. The molecule has 0 radical (unpaired) electrons. The molecule has 0 aliphatic carbocycles. The molecule has 2 nitrogen and oxygen atoms in total. The molecule has 2 heteroatoms. The van der Waals surface area contributed by atoms with Crippen LogP contribution >= 0.6 is 0 Å². The molecule has 39 heavy (non-hydrogen) atoms. The second-order valence-electron chi connectivity index (χ2n) is 9.84. The largest absolute Gasteiger partial charge is 0.388 e. The summed E-state index contributed by atoms with van der Waals surface area (Å²) in [6.07, 6.45) is 0. The molecular weight excluding hydrogens is 472 g/mol. The SMILES string of the molecule is CNc1ccccc1-c1ccccc1-c1cccc(-c2ccc3c(c2)c2ccccc2n3-c2ccccc2)c1. The Morgan fingerprint density at radius 3 is 1.92 bits per heavy atom. The molecule has 7 aromatic rings. The number of benzene rings is 6. The first-order valence-electron chi connectivity index (χ1n) is 13.4. The van der Waals surface area contributed by atoms with Crippen LogP contribution in [0.15, 0.2) is 146 Å². The molecule has 1 heterocycles. The summed E-state index contributed by atoms with van der Waals surface area (Å²) < 4.78 is 2.36. The van der Waals surface area contributed by atoms with Crippen LogP contribution in [0.5, 0.6) is 0 Å². The van der Waals surface area contributed by atoms with Crippen LogP contribution in [0.2, 0.25) is 0 Å². The Morgan fingerprint density at radius 1 is 0.436 bits per heavy atom. The third kappa shape index (κ3) is 3.98. The maximum absolute atomic E-state index is 3.35. The molecule has 0 unspecified atom stereocenters. The number of aromatic nitrogens is 1. The summed E-state index contributed by atoms with van der Waals surface area (Å²) in [5, 5.41) is 5.88. The third-order valence-electron chi connectivity index (χ3n) is 7.61. The molecule has 0 bridgehead atoms. The Bertz CT molecular complexity index is 1950. The maximum atomic E-state index is 3.35. The highest BCUT2D eigenvalue weighted by Gasteiger charge is 2.14. The van der Waals surface area contributed by atoms with Crippen molar-refractivity contribution < 1.29 is 0 Å². The summed E-state index contributed by atoms with van der Waals surface area (Å²) in [6, 6.07) is 52.2. The van der Waals surface area contributed by atoms with E-state index in [1.165, 1.54) is 60.9 Å². The van der Waals surface area contributed by atoms with Crippen molar-refractivity contribution in [1.29, 1.82) is 0 Å². The summed E-state index contributed by atoms with van der Waals surface area (Å²) in [6.45, 7) is 0. The average molecular weight is 501 g/mol. The van der Waals surface area contributed by atoms with Gasteiger partial charge >= 0.3 is 0 Å². The van der Waals surface area contributed by atoms with E-state index in [0.29, 0.717) is 0 Å². The molecule has 0 aliphatic rings. The molecule has 1 aromatic heterocycles. The lowest BCUT2D eigenvalue weighted by Gasteiger charge is -2.15. The van der Waals surface area contributed by atoms with Crippen molar-refractivity contribution in [3.05, 3.63) is 146 Å². The minimum Gasteiger partial charge on any atom is -0.388 e. The van der Waals surface area contributed by atoms with E-state index in [1.54, 1.807) is 0 Å². The van der Waals surface area contributed by atoms with Crippen LogP contribution in [0.4, 0.5) is 5.69 Å². The van der Waals surface area contributed by atoms with Gasteiger partial charge in [-0.3, -0.25) is 0 Å². The molecule has 0 amide bonds. The van der Waals surface area contributed by atoms with Crippen LogP contribution in [-0.2, 0) is 0 Å². The second-order valence-corrected chi connectivity index (χ2v) is 9.84. The van der Waals surface area contributed by atoms with Gasteiger partial charge in [0.05, 0.1) is 11.0 Å². The summed E-state index contributed by atoms with van der Waals surface area (Å²) in [5.41, 5.74) is 12.0. The van der Waals surface area contributed by atoms with E-state index >= 15 is 0 Å².